The summed E-state index contributed by atoms with van der Waals surface area (Å²) >= 11 is 11.6. The molecule has 15 heavy (non-hydrogen) atoms. The van der Waals surface area contributed by atoms with Gasteiger partial charge in [0, 0.05) is 0 Å². The molecule has 1 aromatic rings. The fourth-order valence-corrected chi connectivity index (χ4v) is 1.60. The quantitative estimate of drug-likeness (QED) is 0.770. The Bertz CT molecular complexity index is 370. The van der Waals surface area contributed by atoms with Gasteiger partial charge in [-0.1, -0.05) is 35.3 Å². The van der Waals surface area contributed by atoms with E-state index in [1.165, 1.54) is 0 Å². The lowest BCUT2D eigenvalue weighted by Gasteiger charge is -2.16. The number of carboxylic acid groups (broad SMARTS) is 1. The van der Waals surface area contributed by atoms with Gasteiger partial charge in [-0.3, -0.25) is 0 Å². The van der Waals surface area contributed by atoms with Gasteiger partial charge in [-0.05, 0) is 11.6 Å². The number of carbonyl (C=O) groups is 1. The van der Waals surface area contributed by atoms with E-state index in [9.17, 15) is 4.79 Å². The summed E-state index contributed by atoms with van der Waals surface area (Å²) in [5.74, 6) is 0. The number of halogens is 2. The van der Waals surface area contributed by atoms with E-state index in [2.05, 4.69) is 5.32 Å². The zero-order valence-corrected chi connectivity index (χ0v) is 9.09. The molecule has 0 radical (unpaired) electrons. The van der Waals surface area contributed by atoms with Crippen molar-refractivity contribution in [2.45, 2.75) is 6.04 Å². The number of nitrogens with one attached hydrogen (secondary N) is 1. The lowest BCUT2D eigenvalue weighted by Crippen LogP contribution is -2.29. The average Bonchev–Trinajstić information content (AvgIpc) is 2.19. The number of benzene rings is 1. The third-order valence-electron chi connectivity index (χ3n) is 1.84. The highest BCUT2D eigenvalue weighted by molar-refractivity contribution is 6.42. The van der Waals surface area contributed by atoms with E-state index in [4.69, 9.17) is 33.4 Å². The predicted molar refractivity (Wildman–Crippen MR) is 57.4 cm³/mol. The zero-order chi connectivity index (χ0) is 11.4. The van der Waals surface area contributed by atoms with Gasteiger partial charge < -0.3 is 15.5 Å². The van der Waals surface area contributed by atoms with Crippen LogP contribution in [0.2, 0.25) is 10.0 Å². The molecule has 0 aliphatic heterocycles. The van der Waals surface area contributed by atoms with Crippen molar-refractivity contribution in [2.24, 2.45) is 0 Å². The van der Waals surface area contributed by atoms with Crippen LogP contribution in [0.1, 0.15) is 11.6 Å². The van der Waals surface area contributed by atoms with Crippen LogP contribution in [0.5, 0.6) is 0 Å². The molecule has 0 saturated carbocycles. The summed E-state index contributed by atoms with van der Waals surface area (Å²) in [6.07, 6.45) is -1.23. The van der Waals surface area contributed by atoms with Crippen LogP contribution in [0.25, 0.3) is 0 Å². The Morgan fingerprint density at radius 3 is 2.67 bits per heavy atom. The first-order valence-corrected chi connectivity index (χ1v) is 4.86. The summed E-state index contributed by atoms with van der Waals surface area (Å²) < 4.78 is 0. The molecule has 82 valence electrons. The van der Waals surface area contributed by atoms with E-state index < -0.39 is 12.1 Å². The smallest absolute Gasteiger partial charge is 0.405 e. The molecule has 0 aliphatic rings. The van der Waals surface area contributed by atoms with Crippen molar-refractivity contribution < 1.29 is 15.0 Å². The van der Waals surface area contributed by atoms with Crippen LogP contribution in [-0.4, -0.2) is 22.9 Å². The number of aliphatic hydroxyl groups excluding tert-OH is 1. The van der Waals surface area contributed by atoms with E-state index in [1.807, 2.05) is 0 Å². The minimum Gasteiger partial charge on any atom is -0.465 e. The summed E-state index contributed by atoms with van der Waals surface area (Å²) in [5.41, 5.74) is 0.453. The van der Waals surface area contributed by atoms with Crippen LogP contribution < -0.4 is 5.32 Å². The maximum atomic E-state index is 10.4. The van der Waals surface area contributed by atoms with Crippen molar-refractivity contribution in [1.82, 2.24) is 5.32 Å². The van der Waals surface area contributed by atoms with Crippen LogP contribution in [0.3, 0.4) is 0 Å². The molecule has 6 heteroatoms. The first kappa shape index (κ1) is 12.1. The molecule has 1 atom stereocenters. The molecular weight excluding hydrogens is 241 g/mol. The summed E-state index contributed by atoms with van der Waals surface area (Å²) in [5, 5.41) is 20.3. The number of rotatable bonds is 3. The molecule has 1 amide bonds. The molecule has 0 saturated heterocycles. The monoisotopic (exact) mass is 249 g/mol. The topological polar surface area (TPSA) is 69.6 Å². The lowest BCUT2D eigenvalue weighted by molar-refractivity contribution is 0.177. The highest BCUT2D eigenvalue weighted by Crippen LogP contribution is 2.29. The standard InChI is InChI=1S/C9H9Cl2NO3/c10-6-3-1-2-5(8(6)11)7(4-13)12-9(14)15/h1-3,7,12-13H,4H2,(H,14,15). The third kappa shape index (κ3) is 2.99. The van der Waals surface area contributed by atoms with Gasteiger partial charge in [0.25, 0.3) is 0 Å². The summed E-state index contributed by atoms with van der Waals surface area (Å²) in [6, 6.07) is 4.05. The van der Waals surface area contributed by atoms with Crippen molar-refractivity contribution in [3.05, 3.63) is 33.8 Å². The van der Waals surface area contributed by atoms with Crippen molar-refractivity contribution >= 4 is 29.3 Å². The van der Waals surface area contributed by atoms with Gasteiger partial charge in [0.2, 0.25) is 0 Å². The second-order valence-corrected chi connectivity index (χ2v) is 3.61. The molecule has 0 heterocycles. The van der Waals surface area contributed by atoms with E-state index in [-0.39, 0.29) is 11.6 Å². The minimum absolute atomic E-state index is 0.243. The van der Waals surface area contributed by atoms with E-state index in [0.717, 1.165) is 0 Å². The number of hydrogen-bond donors (Lipinski definition) is 3. The number of aliphatic hydroxyl groups is 1. The van der Waals surface area contributed by atoms with Gasteiger partial charge >= 0.3 is 6.09 Å². The Labute approximate surface area is 96.4 Å². The lowest BCUT2D eigenvalue weighted by atomic mass is 10.1. The van der Waals surface area contributed by atoms with Crippen LogP contribution in [0.15, 0.2) is 18.2 Å². The van der Waals surface area contributed by atoms with Crippen LogP contribution in [0, 0.1) is 0 Å². The molecule has 4 nitrogen and oxygen atoms in total. The van der Waals surface area contributed by atoms with Gasteiger partial charge in [-0.2, -0.15) is 0 Å². The molecule has 3 N–H and O–H groups in total. The Hall–Kier alpha value is -0.970. The summed E-state index contributed by atoms with van der Waals surface area (Å²) in [4.78, 5) is 10.4. The highest BCUT2D eigenvalue weighted by atomic mass is 35.5. The van der Waals surface area contributed by atoms with Crippen LogP contribution >= 0.6 is 23.2 Å². The fraction of sp³-hybridized carbons (Fsp3) is 0.222. The normalized spacial score (nSPS) is 12.2. The highest BCUT2D eigenvalue weighted by Gasteiger charge is 2.17. The number of hydrogen-bond acceptors (Lipinski definition) is 2. The van der Waals surface area contributed by atoms with Crippen molar-refractivity contribution in [3.63, 3.8) is 0 Å². The first-order chi connectivity index (χ1) is 7.06. The van der Waals surface area contributed by atoms with Gasteiger partial charge in [0.05, 0.1) is 22.7 Å². The summed E-state index contributed by atoms with van der Waals surface area (Å²) in [6.45, 7) is -0.383. The molecular formula is C9H9Cl2NO3. The van der Waals surface area contributed by atoms with Gasteiger partial charge in [-0.15, -0.1) is 0 Å². The zero-order valence-electron chi connectivity index (χ0n) is 7.58. The second-order valence-electron chi connectivity index (χ2n) is 2.83. The fourth-order valence-electron chi connectivity index (χ4n) is 1.16. The van der Waals surface area contributed by atoms with Crippen molar-refractivity contribution in [3.8, 4) is 0 Å². The average molecular weight is 250 g/mol. The Morgan fingerprint density at radius 2 is 2.13 bits per heavy atom. The molecule has 0 fully saturated rings. The molecule has 0 aromatic heterocycles. The molecule has 1 unspecified atom stereocenters. The van der Waals surface area contributed by atoms with Gasteiger partial charge in [-0.25, -0.2) is 4.79 Å². The largest absolute Gasteiger partial charge is 0.465 e. The first-order valence-electron chi connectivity index (χ1n) is 4.10. The maximum Gasteiger partial charge on any atom is 0.405 e. The Balaban J connectivity index is 3.01. The molecule has 1 aromatic carbocycles. The van der Waals surface area contributed by atoms with E-state index >= 15 is 0 Å². The van der Waals surface area contributed by atoms with E-state index in [0.29, 0.717) is 10.6 Å². The second kappa shape index (κ2) is 5.21. The van der Waals surface area contributed by atoms with Gasteiger partial charge in [0.1, 0.15) is 0 Å². The maximum absolute atomic E-state index is 10.4. The SMILES string of the molecule is O=C(O)NC(CO)c1cccc(Cl)c1Cl. The van der Waals surface area contributed by atoms with Gasteiger partial charge in [0.15, 0.2) is 0 Å². The number of amides is 1. The molecule has 0 spiro atoms. The molecule has 0 bridgehead atoms. The summed E-state index contributed by atoms with van der Waals surface area (Å²) in [7, 11) is 0. The third-order valence-corrected chi connectivity index (χ3v) is 2.67. The minimum atomic E-state index is -1.23. The predicted octanol–water partition coefficient (Wildman–Crippen LogP) is 2.29. The van der Waals surface area contributed by atoms with Crippen LogP contribution in [0.4, 0.5) is 4.79 Å². The van der Waals surface area contributed by atoms with E-state index in [1.54, 1.807) is 18.2 Å². The Kier molecular flexibility index (Phi) is 4.20. The Morgan fingerprint density at radius 1 is 1.47 bits per heavy atom. The van der Waals surface area contributed by atoms with Crippen LogP contribution in [-0.2, 0) is 0 Å². The van der Waals surface area contributed by atoms with Crippen molar-refractivity contribution in [2.75, 3.05) is 6.61 Å². The van der Waals surface area contributed by atoms with Crippen molar-refractivity contribution in [1.29, 1.82) is 0 Å². The molecule has 1 rings (SSSR count). The molecule has 0 aliphatic carbocycles.